The number of oxime groups is 1. The molecule has 38 heavy (non-hydrogen) atoms. The minimum Gasteiger partial charge on any atom is -0.388 e. The van der Waals surface area contributed by atoms with Crippen molar-refractivity contribution in [1.82, 2.24) is 9.62 Å². The Morgan fingerprint density at radius 1 is 0.921 bits per heavy atom. The van der Waals surface area contributed by atoms with E-state index in [0.29, 0.717) is 55.8 Å². The van der Waals surface area contributed by atoms with Crippen LogP contribution in [0.5, 0.6) is 0 Å². The second kappa shape index (κ2) is 11.1. The molecule has 7 nitrogen and oxygen atoms in total. The Hall–Kier alpha value is -3.49. The first-order valence-corrected chi connectivity index (χ1v) is 14.5. The SMILES string of the molecule is Cc1ccc(S(=O)(=O)N2CCC3(CC2)CC(C(=O)NC(Cc2ccccc2)Cc2ccccc2)=NO3)cc1. The van der Waals surface area contributed by atoms with Gasteiger partial charge in [-0.05, 0) is 43.0 Å². The van der Waals surface area contributed by atoms with Gasteiger partial charge in [0.2, 0.25) is 10.0 Å². The third-order valence-electron chi connectivity index (χ3n) is 7.38. The van der Waals surface area contributed by atoms with Gasteiger partial charge in [-0.15, -0.1) is 0 Å². The molecule has 0 aromatic heterocycles. The summed E-state index contributed by atoms with van der Waals surface area (Å²) in [7, 11) is -3.57. The summed E-state index contributed by atoms with van der Waals surface area (Å²) >= 11 is 0. The summed E-state index contributed by atoms with van der Waals surface area (Å²) in [5.41, 5.74) is 3.04. The molecule has 1 amide bonds. The van der Waals surface area contributed by atoms with Crippen molar-refractivity contribution >= 4 is 21.6 Å². The highest BCUT2D eigenvalue weighted by Gasteiger charge is 2.46. The molecule has 2 aliphatic rings. The minimum absolute atomic E-state index is 0.104. The largest absolute Gasteiger partial charge is 0.388 e. The maximum Gasteiger partial charge on any atom is 0.269 e. The topological polar surface area (TPSA) is 88.1 Å². The number of benzene rings is 3. The molecule has 2 aliphatic heterocycles. The molecule has 0 bridgehead atoms. The molecule has 0 aliphatic carbocycles. The fourth-order valence-electron chi connectivity index (χ4n) is 5.14. The number of carbonyl (C=O) groups excluding carboxylic acids is 1. The lowest BCUT2D eigenvalue weighted by molar-refractivity contribution is -0.115. The molecule has 2 heterocycles. The van der Waals surface area contributed by atoms with Crippen molar-refractivity contribution in [3.8, 4) is 0 Å². The first kappa shape index (κ1) is 26.1. The molecule has 0 radical (unpaired) electrons. The molecule has 198 valence electrons. The molecule has 0 saturated carbocycles. The van der Waals surface area contributed by atoms with Crippen LogP contribution in [-0.4, -0.2) is 49.1 Å². The predicted octanol–water partition coefficient (Wildman–Crippen LogP) is 4.26. The van der Waals surface area contributed by atoms with Gasteiger partial charge in [0, 0.05) is 38.4 Å². The zero-order chi connectivity index (χ0) is 26.6. The molecule has 1 spiro atoms. The molecule has 8 heteroatoms. The summed E-state index contributed by atoms with van der Waals surface area (Å²) in [5.74, 6) is -0.228. The number of rotatable bonds is 8. The number of piperidine rings is 1. The van der Waals surface area contributed by atoms with E-state index >= 15 is 0 Å². The fraction of sp³-hybridized carbons (Fsp3) is 0.333. The van der Waals surface area contributed by atoms with Gasteiger partial charge >= 0.3 is 0 Å². The van der Waals surface area contributed by atoms with Crippen LogP contribution in [0, 0.1) is 6.92 Å². The van der Waals surface area contributed by atoms with Crippen LogP contribution in [0.3, 0.4) is 0 Å². The summed E-state index contributed by atoms with van der Waals surface area (Å²) < 4.78 is 27.7. The lowest BCUT2D eigenvalue weighted by atomic mass is 9.87. The maximum absolute atomic E-state index is 13.3. The first-order chi connectivity index (χ1) is 18.3. The van der Waals surface area contributed by atoms with E-state index in [1.165, 1.54) is 4.31 Å². The van der Waals surface area contributed by atoms with Gasteiger partial charge in [0.15, 0.2) is 0 Å². The number of amides is 1. The Morgan fingerprint density at radius 2 is 1.47 bits per heavy atom. The normalized spacial score (nSPS) is 17.3. The Bertz CT molecular complexity index is 1340. The highest BCUT2D eigenvalue weighted by atomic mass is 32.2. The van der Waals surface area contributed by atoms with Gasteiger partial charge in [0.05, 0.1) is 4.90 Å². The second-order valence-corrected chi connectivity index (χ2v) is 12.2. The summed E-state index contributed by atoms with van der Waals surface area (Å²) in [6.45, 7) is 2.58. The van der Waals surface area contributed by atoms with Crippen LogP contribution in [0.4, 0.5) is 0 Å². The summed E-state index contributed by atoms with van der Waals surface area (Å²) in [6, 6.07) is 27.0. The van der Waals surface area contributed by atoms with Crippen LogP contribution < -0.4 is 5.32 Å². The van der Waals surface area contributed by atoms with E-state index < -0.39 is 15.6 Å². The monoisotopic (exact) mass is 531 g/mol. The van der Waals surface area contributed by atoms with E-state index in [2.05, 4.69) is 34.7 Å². The van der Waals surface area contributed by atoms with E-state index in [0.717, 1.165) is 16.7 Å². The van der Waals surface area contributed by atoms with E-state index in [9.17, 15) is 13.2 Å². The van der Waals surface area contributed by atoms with Crippen LogP contribution in [0.15, 0.2) is 95.0 Å². The number of hydrogen-bond donors (Lipinski definition) is 1. The van der Waals surface area contributed by atoms with Crippen molar-refractivity contribution < 1.29 is 18.0 Å². The van der Waals surface area contributed by atoms with E-state index in [1.807, 2.05) is 43.3 Å². The fourth-order valence-corrected chi connectivity index (χ4v) is 6.59. The third kappa shape index (κ3) is 5.97. The van der Waals surface area contributed by atoms with Gasteiger partial charge in [0.1, 0.15) is 11.3 Å². The van der Waals surface area contributed by atoms with Gasteiger partial charge in [-0.3, -0.25) is 4.79 Å². The average molecular weight is 532 g/mol. The zero-order valence-corrected chi connectivity index (χ0v) is 22.4. The quantitative estimate of drug-likeness (QED) is 0.470. The Balaban J connectivity index is 1.21. The molecule has 1 fully saturated rings. The third-order valence-corrected chi connectivity index (χ3v) is 9.29. The molecule has 0 unspecified atom stereocenters. The molecular weight excluding hydrogens is 498 g/mol. The van der Waals surface area contributed by atoms with E-state index in [4.69, 9.17) is 4.84 Å². The number of hydrogen-bond acceptors (Lipinski definition) is 5. The van der Waals surface area contributed by atoms with Crippen molar-refractivity contribution in [3.63, 3.8) is 0 Å². The Kier molecular flexibility index (Phi) is 7.63. The van der Waals surface area contributed by atoms with Gasteiger partial charge in [-0.25, -0.2) is 8.42 Å². The molecule has 5 rings (SSSR count). The number of aryl methyl sites for hydroxylation is 1. The molecular formula is C30H33N3O4S. The van der Waals surface area contributed by atoms with Crippen LogP contribution in [0.25, 0.3) is 0 Å². The van der Waals surface area contributed by atoms with Crippen LogP contribution in [0.1, 0.15) is 36.0 Å². The average Bonchev–Trinajstić information content (AvgIpc) is 3.34. The molecule has 0 atom stereocenters. The maximum atomic E-state index is 13.3. The van der Waals surface area contributed by atoms with Gasteiger partial charge in [-0.1, -0.05) is 83.5 Å². The predicted molar refractivity (Wildman–Crippen MR) is 147 cm³/mol. The lowest BCUT2D eigenvalue weighted by Gasteiger charge is -2.36. The van der Waals surface area contributed by atoms with Crippen LogP contribution in [0.2, 0.25) is 0 Å². The van der Waals surface area contributed by atoms with Crippen molar-refractivity contribution in [2.45, 2.75) is 55.6 Å². The highest BCUT2D eigenvalue weighted by molar-refractivity contribution is 7.89. The first-order valence-electron chi connectivity index (χ1n) is 13.0. The van der Waals surface area contributed by atoms with Gasteiger partial charge < -0.3 is 10.2 Å². The lowest BCUT2D eigenvalue weighted by Crippen LogP contribution is -2.48. The standard InChI is InChI=1S/C30H33N3O4S/c1-23-12-14-27(15-13-23)38(35,36)33-18-16-30(17-19-33)22-28(32-37-30)29(34)31-26(20-24-8-4-2-5-9-24)21-25-10-6-3-7-11-25/h2-15,26H,16-22H2,1H3,(H,31,34). The second-order valence-electron chi connectivity index (χ2n) is 10.3. The molecule has 3 aromatic rings. The van der Waals surface area contributed by atoms with Crippen molar-refractivity contribution in [2.75, 3.05) is 13.1 Å². The number of carbonyl (C=O) groups is 1. The minimum atomic E-state index is -3.57. The molecule has 1 N–H and O–H groups in total. The van der Waals surface area contributed by atoms with Crippen molar-refractivity contribution in [2.24, 2.45) is 5.16 Å². The number of nitrogens with one attached hydrogen (secondary N) is 1. The van der Waals surface area contributed by atoms with Gasteiger partial charge in [0.25, 0.3) is 5.91 Å². The Morgan fingerprint density at radius 3 is 2.03 bits per heavy atom. The number of sulfonamides is 1. The van der Waals surface area contributed by atoms with Crippen molar-refractivity contribution in [3.05, 3.63) is 102 Å². The summed E-state index contributed by atoms with van der Waals surface area (Å²) in [6.07, 6.45) is 2.74. The van der Waals surface area contributed by atoms with Crippen LogP contribution >= 0.6 is 0 Å². The van der Waals surface area contributed by atoms with E-state index in [-0.39, 0.29) is 11.9 Å². The summed E-state index contributed by atoms with van der Waals surface area (Å²) in [4.78, 5) is 19.4. The highest BCUT2D eigenvalue weighted by Crippen LogP contribution is 2.36. The zero-order valence-electron chi connectivity index (χ0n) is 21.5. The van der Waals surface area contributed by atoms with Crippen molar-refractivity contribution in [1.29, 1.82) is 0 Å². The van der Waals surface area contributed by atoms with Crippen LogP contribution in [-0.2, 0) is 32.5 Å². The molecule has 1 saturated heterocycles. The summed E-state index contributed by atoms with van der Waals surface area (Å²) in [5, 5.41) is 7.35. The van der Waals surface area contributed by atoms with Gasteiger partial charge in [-0.2, -0.15) is 4.31 Å². The number of nitrogens with zero attached hydrogens (tertiary/aromatic N) is 2. The van der Waals surface area contributed by atoms with E-state index in [1.54, 1.807) is 24.3 Å². The molecule has 3 aromatic carbocycles. The Labute approximate surface area is 224 Å². The smallest absolute Gasteiger partial charge is 0.269 e.